The van der Waals surface area contributed by atoms with E-state index in [-0.39, 0.29) is 6.09 Å². The number of carbonyl (C=O) groups excluding carboxylic acids is 1. The van der Waals surface area contributed by atoms with Crippen molar-refractivity contribution in [3.8, 4) is 0 Å². The van der Waals surface area contributed by atoms with Crippen molar-refractivity contribution in [2.75, 3.05) is 18.4 Å². The van der Waals surface area contributed by atoms with E-state index in [0.717, 1.165) is 35.3 Å². The summed E-state index contributed by atoms with van der Waals surface area (Å²) in [6.45, 7) is 9.07. The van der Waals surface area contributed by atoms with E-state index in [0.29, 0.717) is 19.1 Å². The maximum Gasteiger partial charge on any atom is 0.410 e. The molecule has 0 radical (unpaired) electrons. The van der Waals surface area contributed by atoms with Crippen LogP contribution in [0.1, 0.15) is 39.3 Å². The smallest absolute Gasteiger partial charge is 0.410 e. The average Bonchev–Trinajstić information content (AvgIpc) is 2.81. The molecule has 2 aromatic rings. The number of amides is 1. The first kappa shape index (κ1) is 17.5. The zero-order valence-corrected chi connectivity index (χ0v) is 15.7. The molecule has 3 rings (SSSR count). The number of aromatic nitrogens is 3. The molecule has 1 saturated heterocycles. The number of hydrogen-bond acceptors (Lipinski definition) is 5. The Morgan fingerprint density at radius 2 is 2.00 bits per heavy atom. The van der Waals surface area contributed by atoms with E-state index in [2.05, 4.69) is 21.5 Å². The van der Waals surface area contributed by atoms with Gasteiger partial charge in [0.05, 0.1) is 17.6 Å². The van der Waals surface area contributed by atoms with Gasteiger partial charge in [-0.2, -0.15) is 5.10 Å². The molecular formula is C18H27N5O2. The lowest BCUT2D eigenvalue weighted by atomic mass is 10.1. The first-order valence-corrected chi connectivity index (χ1v) is 8.77. The molecule has 0 atom stereocenters. The predicted molar refractivity (Wildman–Crippen MR) is 97.7 cm³/mol. The number of anilines is 1. The number of carbonyl (C=O) groups is 1. The Morgan fingerprint density at radius 1 is 1.32 bits per heavy atom. The van der Waals surface area contributed by atoms with Crippen LogP contribution in [0.4, 0.5) is 10.5 Å². The molecule has 1 N–H and O–H groups in total. The maximum atomic E-state index is 12.1. The van der Waals surface area contributed by atoms with E-state index in [1.165, 1.54) is 0 Å². The van der Waals surface area contributed by atoms with Crippen molar-refractivity contribution in [1.82, 2.24) is 19.7 Å². The lowest BCUT2D eigenvalue weighted by Gasteiger charge is -2.34. The Labute approximate surface area is 148 Å². The zero-order valence-electron chi connectivity index (χ0n) is 15.7. The van der Waals surface area contributed by atoms with Crippen LogP contribution < -0.4 is 5.32 Å². The number of hydrogen-bond donors (Lipinski definition) is 1. The summed E-state index contributed by atoms with van der Waals surface area (Å²) in [4.78, 5) is 18.4. The van der Waals surface area contributed by atoms with E-state index in [1.54, 1.807) is 9.58 Å². The summed E-state index contributed by atoms with van der Waals surface area (Å²) in [5.41, 5.74) is 2.42. The highest BCUT2D eigenvalue weighted by atomic mass is 16.6. The highest BCUT2D eigenvalue weighted by Gasteiger charge is 2.26. The third kappa shape index (κ3) is 4.03. The number of likely N-dealkylation sites (tertiary alicyclic amines) is 1. The quantitative estimate of drug-likeness (QED) is 0.905. The predicted octanol–water partition coefficient (Wildman–Crippen LogP) is 3.09. The summed E-state index contributed by atoms with van der Waals surface area (Å²) in [5.74, 6) is 0. The molecule has 0 aromatic carbocycles. The minimum absolute atomic E-state index is 0.222. The van der Waals surface area contributed by atoms with Crippen molar-refractivity contribution in [3.05, 3.63) is 18.0 Å². The molecule has 1 fully saturated rings. The molecule has 0 unspecified atom stereocenters. The van der Waals surface area contributed by atoms with Crippen LogP contribution in [-0.2, 0) is 11.8 Å². The van der Waals surface area contributed by atoms with Crippen LogP contribution in [0.3, 0.4) is 0 Å². The molecule has 0 bridgehead atoms. The zero-order chi connectivity index (χ0) is 18.2. The van der Waals surface area contributed by atoms with Gasteiger partial charge in [0.25, 0.3) is 0 Å². The monoisotopic (exact) mass is 345 g/mol. The second-order valence-electron chi connectivity index (χ2n) is 7.69. The van der Waals surface area contributed by atoms with E-state index >= 15 is 0 Å². The maximum absolute atomic E-state index is 12.1. The topological polar surface area (TPSA) is 72.3 Å². The third-order valence-corrected chi connectivity index (χ3v) is 4.38. The number of rotatable bonds is 2. The lowest BCUT2D eigenvalue weighted by molar-refractivity contribution is 0.0210. The first-order chi connectivity index (χ1) is 11.7. The van der Waals surface area contributed by atoms with E-state index in [9.17, 15) is 4.79 Å². The fourth-order valence-corrected chi connectivity index (χ4v) is 3.16. The lowest BCUT2D eigenvalue weighted by Crippen LogP contribution is -2.44. The van der Waals surface area contributed by atoms with Gasteiger partial charge in [-0.25, -0.2) is 9.78 Å². The van der Waals surface area contributed by atoms with Crippen LogP contribution in [-0.4, -0.2) is 50.5 Å². The standard InChI is InChI=1S/C18H27N5O2/c1-12-15-10-14(11-19-16(15)22(5)21-12)20-13-6-8-23(9-7-13)17(24)25-18(2,3)4/h10-11,13,20H,6-9H2,1-5H3. The van der Waals surface area contributed by atoms with Gasteiger partial charge in [-0.05, 0) is 46.6 Å². The molecule has 0 spiro atoms. The minimum Gasteiger partial charge on any atom is -0.444 e. The first-order valence-electron chi connectivity index (χ1n) is 8.77. The molecular weight excluding hydrogens is 318 g/mol. The number of nitrogens with zero attached hydrogens (tertiary/aromatic N) is 4. The van der Waals surface area contributed by atoms with E-state index in [4.69, 9.17) is 4.74 Å². The number of nitrogens with one attached hydrogen (secondary N) is 1. The molecule has 25 heavy (non-hydrogen) atoms. The number of piperidine rings is 1. The van der Waals surface area contributed by atoms with Gasteiger partial charge in [0.15, 0.2) is 5.65 Å². The molecule has 1 amide bonds. The Morgan fingerprint density at radius 3 is 2.64 bits per heavy atom. The Balaban J connectivity index is 1.59. The number of ether oxygens (including phenoxy) is 1. The largest absolute Gasteiger partial charge is 0.444 e. The summed E-state index contributed by atoms with van der Waals surface area (Å²) in [5, 5.41) is 9.01. The highest BCUT2D eigenvalue weighted by Crippen LogP contribution is 2.22. The van der Waals surface area contributed by atoms with Gasteiger partial charge in [-0.1, -0.05) is 0 Å². The van der Waals surface area contributed by atoms with Gasteiger partial charge in [0.1, 0.15) is 5.60 Å². The van der Waals surface area contributed by atoms with Gasteiger partial charge >= 0.3 is 6.09 Å². The summed E-state index contributed by atoms with van der Waals surface area (Å²) in [7, 11) is 1.90. The van der Waals surface area contributed by atoms with Crippen molar-refractivity contribution >= 4 is 22.8 Å². The van der Waals surface area contributed by atoms with E-state index < -0.39 is 5.60 Å². The molecule has 0 saturated carbocycles. The number of fused-ring (bicyclic) bond motifs is 1. The van der Waals surface area contributed by atoms with Crippen molar-refractivity contribution < 1.29 is 9.53 Å². The Bertz CT molecular complexity index is 770. The average molecular weight is 345 g/mol. The number of pyridine rings is 1. The van der Waals surface area contributed by atoms with Crippen molar-refractivity contribution in [3.63, 3.8) is 0 Å². The van der Waals surface area contributed by atoms with Gasteiger partial charge in [0.2, 0.25) is 0 Å². The Hall–Kier alpha value is -2.31. The molecule has 0 aliphatic carbocycles. The van der Waals surface area contributed by atoms with Gasteiger partial charge in [-0.3, -0.25) is 4.68 Å². The normalized spacial score (nSPS) is 16.3. The fraction of sp³-hybridized carbons (Fsp3) is 0.611. The number of aryl methyl sites for hydroxylation is 2. The van der Waals surface area contributed by atoms with Gasteiger partial charge < -0.3 is 15.0 Å². The summed E-state index contributed by atoms with van der Waals surface area (Å²) < 4.78 is 7.24. The molecule has 1 aliphatic rings. The summed E-state index contributed by atoms with van der Waals surface area (Å²) in [6.07, 6.45) is 3.41. The second-order valence-corrected chi connectivity index (χ2v) is 7.69. The molecule has 136 valence electrons. The van der Waals surface area contributed by atoms with E-state index in [1.807, 2.05) is 40.9 Å². The second kappa shape index (κ2) is 6.54. The molecule has 7 heteroatoms. The Kier molecular flexibility index (Phi) is 4.58. The van der Waals surface area contributed by atoms with Crippen LogP contribution in [0.2, 0.25) is 0 Å². The molecule has 1 aliphatic heterocycles. The fourth-order valence-electron chi connectivity index (χ4n) is 3.16. The van der Waals surface area contributed by atoms with Gasteiger partial charge in [0, 0.05) is 31.6 Å². The SMILES string of the molecule is Cc1nn(C)c2ncc(NC3CCN(C(=O)OC(C)(C)C)CC3)cc12. The molecule has 3 heterocycles. The summed E-state index contributed by atoms with van der Waals surface area (Å²) in [6, 6.07) is 2.43. The van der Waals surface area contributed by atoms with Crippen LogP contribution in [0.15, 0.2) is 12.3 Å². The van der Waals surface area contributed by atoms with Gasteiger partial charge in [-0.15, -0.1) is 0 Å². The van der Waals surface area contributed by atoms with Crippen molar-refractivity contribution in [2.45, 2.75) is 52.2 Å². The molecule has 7 nitrogen and oxygen atoms in total. The van der Waals surface area contributed by atoms with Crippen LogP contribution in [0.5, 0.6) is 0 Å². The molecule has 2 aromatic heterocycles. The van der Waals surface area contributed by atoms with Crippen LogP contribution in [0, 0.1) is 6.92 Å². The minimum atomic E-state index is -0.450. The highest BCUT2D eigenvalue weighted by molar-refractivity contribution is 5.81. The van der Waals surface area contributed by atoms with Crippen LogP contribution >= 0.6 is 0 Å². The third-order valence-electron chi connectivity index (χ3n) is 4.38. The summed E-state index contributed by atoms with van der Waals surface area (Å²) >= 11 is 0. The van der Waals surface area contributed by atoms with Crippen molar-refractivity contribution in [2.24, 2.45) is 7.05 Å². The van der Waals surface area contributed by atoms with Crippen LogP contribution in [0.25, 0.3) is 11.0 Å². The van der Waals surface area contributed by atoms with Crippen molar-refractivity contribution in [1.29, 1.82) is 0 Å².